The van der Waals surface area contributed by atoms with Gasteiger partial charge in [-0.05, 0) is 11.1 Å². The smallest absolute Gasteiger partial charge is 0.326 e. The monoisotopic (exact) mass is 310 g/mol. The summed E-state index contributed by atoms with van der Waals surface area (Å²) in [5.74, 6) is -0.660. The van der Waals surface area contributed by atoms with Crippen LogP contribution in [-0.2, 0) is 28.6 Å². The number of fused-ring (bicyclic) bond motifs is 1. The summed E-state index contributed by atoms with van der Waals surface area (Å²) < 4.78 is 11.0. The SMILES string of the molecule is CS(=O)CCNC(=O)N1Cc2ccccc2CC1C(=O)O. The fourth-order valence-electron chi connectivity index (χ4n) is 2.36. The first-order valence-corrected chi connectivity index (χ1v) is 8.36. The zero-order chi connectivity index (χ0) is 15.4. The lowest BCUT2D eigenvalue weighted by atomic mass is 9.94. The number of hydrogen-bond donors (Lipinski definition) is 2. The summed E-state index contributed by atoms with van der Waals surface area (Å²) in [7, 11) is -0.990. The lowest BCUT2D eigenvalue weighted by Gasteiger charge is -2.34. The van der Waals surface area contributed by atoms with Crippen molar-refractivity contribution in [2.45, 2.75) is 19.0 Å². The second-order valence-electron chi connectivity index (χ2n) is 4.96. The van der Waals surface area contributed by atoms with E-state index in [4.69, 9.17) is 0 Å². The van der Waals surface area contributed by atoms with Crippen molar-refractivity contribution in [2.24, 2.45) is 0 Å². The zero-order valence-corrected chi connectivity index (χ0v) is 12.6. The summed E-state index contributed by atoms with van der Waals surface area (Å²) in [5.41, 5.74) is 1.92. The minimum Gasteiger partial charge on any atom is -0.480 e. The molecule has 1 aromatic rings. The summed E-state index contributed by atoms with van der Waals surface area (Å²) in [6, 6.07) is 6.23. The van der Waals surface area contributed by atoms with Crippen molar-refractivity contribution in [2.75, 3.05) is 18.6 Å². The normalized spacial score (nSPS) is 18.7. The van der Waals surface area contributed by atoms with Crippen LogP contribution in [0.2, 0.25) is 0 Å². The summed E-state index contributed by atoms with van der Waals surface area (Å²) in [6.45, 7) is 0.542. The molecule has 2 rings (SSSR count). The van der Waals surface area contributed by atoms with Crippen molar-refractivity contribution in [3.8, 4) is 0 Å². The Hall–Kier alpha value is -1.89. The number of carbonyl (C=O) groups excluding carboxylic acids is 1. The highest BCUT2D eigenvalue weighted by molar-refractivity contribution is 7.84. The highest BCUT2D eigenvalue weighted by Gasteiger charge is 2.34. The molecule has 1 heterocycles. The zero-order valence-electron chi connectivity index (χ0n) is 11.7. The van der Waals surface area contributed by atoms with Crippen LogP contribution >= 0.6 is 0 Å². The van der Waals surface area contributed by atoms with Crippen molar-refractivity contribution >= 4 is 22.8 Å². The Morgan fingerprint density at radius 3 is 2.67 bits per heavy atom. The average Bonchev–Trinajstić information content (AvgIpc) is 2.45. The first-order valence-electron chi connectivity index (χ1n) is 6.63. The van der Waals surface area contributed by atoms with Crippen LogP contribution in [0.15, 0.2) is 24.3 Å². The lowest BCUT2D eigenvalue weighted by molar-refractivity contribution is -0.142. The van der Waals surface area contributed by atoms with Crippen molar-refractivity contribution in [3.63, 3.8) is 0 Å². The first kappa shape index (κ1) is 15.5. The van der Waals surface area contributed by atoms with Gasteiger partial charge >= 0.3 is 12.0 Å². The molecule has 1 aromatic carbocycles. The number of urea groups is 1. The summed E-state index contributed by atoms with van der Waals surface area (Å²) in [6.07, 6.45) is 1.86. The molecule has 2 atom stereocenters. The Labute approximate surface area is 125 Å². The molecule has 2 N–H and O–H groups in total. The van der Waals surface area contributed by atoms with E-state index < -0.39 is 28.8 Å². The van der Waals surface area contributed by atoms with Gasteiger partial charge in [0.25, 0.3) is 0 Å². The number of carboxylic acid groups (broad SMARTS) is 1. The van der Waals surface area contributed by atoms with Crippen molar-refractivity contribution in [1.82, 2.24) is 10.2 Å². The summed E-state index contributed by atoms with van der Waals surface area (Å²) in [5, 5.41) is 12.0. The molecule has 1 aliphatic heterocycles. The van der Waals surface area contributed by atoms with Crippen molar-refractivity contribution in [3.05, 3.63) is 35.4 Å². The van der Waals surface area contributed by atoms with E-state index in [1.807, 2.05) is 24.3 Å². The van der Waals surface area contributed by atoms with E-state index in [0.29, 0.717) is 12.2 Å². The number of aliphatic carboxylic acids is 1. The molecule has 0 radical (unpaired) electrons. The molecule has 0 aromatic heterocycles. The Balaban J connectivity index is 2.11. The van der Waals surface area contributed by atoms with Gasteiger partial charge in [-0.15, -0.1) is 0 Å². The van der Waals surface area contributed by atoms with Crippen LogP contribution in [-0.4, -0.2) is 50.8 Å². The number of carbonyl (C=O) groups is 2. The molecule has 0 aliphatic carbocycles. The molecular weight excluding hydrogens is 292 g/mol. The van der Waals surface area contributed by atoms with Gasteiger partial charge in [-0.25, -0.2) is 9.59 Å². The predicted octanol–water partition coefficient (Wildman–Crippen LogP) is 0.586. The predicted molar refractivity (Wildman–Crippen MR) is 79.4 cm³/mol. The number of nitrogens with one attached hydrogen (secondary N) is 1. The molecule has 2 amide bonds. The molecule has 0 fully saturated rings. The molecule has 2 unspecified atom stereocenters. The first-order chi connectivity index (χ1) is 9.99. The minimum atomic E-state index is -1.02. The van der Waals surface area contributed by atoms with Crippen molar-refractivity contribution in [1.29, 1.82) is 0 Å². The number of benzene rings is 1. The molecule has 0 saturated carbocycles. The van der Waals surface area contributed by atoms with Crippen LogP contribution in [0, 0.1) is 0 Å². The van der Waals surface area contributed by atoms with Crippen LogP contribution in [0.1, 0.15) is 11.1 Å². The fourth-order valence-corrected chi connectivity index (χ4v) is 2.75. The van der Waals surface area contributed by atoms with Crippen molar-refractivity contribution < 1.29 is 18.9 Å². The second-order valence-corrected chi connectivity index (χ2v) is 6.52. The maximum absolute atomic E-state index is 12.2. The Bertz CT molecular complexity index is 576. The molecule has 7 heteroatoms. The molecule has 0 spiro atoms. The average molecular weight is 310 g/mol. The number of amides is 2. The van der Waals surface area contributed by atoms with Gasteiger partial charge in [0.2, 0.25) is 0 Å². The van der Waals surface area contributed by atoms with E-state index in [1.54, 1.807) is 6.26 Å². The largest absolute Gasteiger partial charge is 0.480 e. The molecule has 1 aliphatic rings. The standard InChI is InChI=1S/C14H18N2O4S/c1-21(20)7-6-15-14(19)16-9-11-5-3-2-4-10(11)8-12(16)13(17)18/h2-5,12H,6-9H2,1H3,(H,15,19)(H,17,18). The van der Waals surface area contributed by atoms with E-state index >= 15 is 0 Å². The van der Waals surface area contributed by atoms with Gasteiger partial charge in [0, 0.05) is 42.3 Å². The minimum absolute atomic E-state index is 0.270. The molecule has 0 bridgehead atoms. The van der Waals surface area contributed by atoms with Crippen LogP contribution in [0.3, 0.4) is 0 Å². The lowest BCUT2D eigenvalue weighted by Crippen LogP contribution is -2.52. The highest BCUT2D eigenvalue weighted by atomic mass is 32.2. The Morgan fingerprint density at radius 1 is 1.38 bits per heavy atom. The van der Waals surface area contributed by atoms with Gasteiger partial charge in [0.15, 0.2) is 0 Å². The van der Waals surface area contributed by atoms with Gasteiger partial charge < -0.3 is 15.3 Å². The van der Waals surface area contributed by atoms with Crippen LogP contribution in [0.25, 0.3) is 0 Å². The maximum Gasteiger partial charge on any atom is 0.326 e. The van der Waals surface area contributed by atoms with Gasteiger partial charge in [-0.2, -0.15) is 0 Å². The second kappa shape index (κ2) is 6.71. The molecule has 114 valence electrons. The van der Waals surface area contributed by atoms with E-state index in [2.05, 4.69) is 5.32 Å². The van der Waals surface area contributed by atoms with Gasteiger partial charge in [-0.3, -0.25) is 4.21 Å². The Morgan fingerprint density at radius 2 is 2.05 bits per heavy atom. The van der Waals surface area contributed by atoms with Gasteiger partial charge in [-0.1, -0.05) is 24.3 Å². The van der Waals surface area contributed by atoms with E-state index in [0.717, 1.165) is 11.1 Å². The molecule has 21 heavy (non-hydrogen) atoms. The third kappa shape index (κ3) is 3.81. The quantitative estimate of drug-likeness (QED) is 0.852. The topological polar surface area (TPSA) is 86.7 Å². The van der Waals surface area contributed by atoms with E-state index in [-0.39, 0.29) is 13.1 Å². The third-order valence-electron chi connectivity index (χ3n) is 3.46. The number of hydrogen-bond acceptors (Lipinski definition) is 3. The maximum atomic E-state index is 12.2. The molecule has 6 nitrogen and oxygen atoms in total. The van der Waals surface area contributed by atoms with Gasteiger partial charge in [0.1, 0.15) is 6.04 Å². The summed E-state index contributed by atoms with van der Waals surface area (Å²) >= 11 is 0. The third-order valence-corrected chi connectivity index (χ3v) is 4.24. The van der Waals surface area contributed by atoms with Gasteiger partial charge in [0.05, 0.1) is 0 Å². The number of nitrogens with zero attached hydrogens (tertiary/aromatic N) is 1. The summed E-state index contributed by atoms with van der Waals surface area (Å²) in [4.78, 5) is 24.9. The number of carboxylic acids is 1. The Kier molecular flexibility index (Phi) is 4.95. The molecular formula is C14H18N2O4S. The van der Waals surface area contributed by atoms with E-state index in [9.17, 15) is 18.9 Å². The number of rotatable bonds is 4. The highest BCUT2D eigenvalue weighted by Crippen LogP contribution is 2.23. The van der Waals surface area contributed by atoms with E-state index in [1.165, 1.54) is 4.90 Å². The van der Waals surface area contributed by atoms with Crippen LogP contribution in [0.5, 0.6) is 0 Å². The van der Waals surface area contributed by atoms with Crippen LogP contribution in [0.4, 0.5) is 4.79 Å². The fraction of sp³-hybridized carbons (Fsp3) is 0.429. The van der Waals surface area contributed by atoms with Crippen LogP contribution < -0.4 is 5.32 Å². The molecule has 0 saturated heterocycles.